The van der Waals surface area contributed by atoms with Crippen LogP contribution in [0.3, 0.4) is 0 Å². The van der Waals surface area contributed by atoms with Crippen molar-refractivity contribution in [3.8, 4) is 33.9 Å². The second-order valence-electron chi connectivity index (χ2n) is 13.9. The third kappa shape index (κ3) is 11.7. The van der Waals surface area contributed by atoms with Crippen molar-refractivity contribution in [3.63, 3.8) is 0 Å². The number of H-pyrrole nitrogens is 2. The zero-order chi connectivity index (χ0) is 40.5. The van der Waals surface area contributed by atoms with E-state index in [-0.39, 0.29) is 11.8 Å². The predicted octanol–water partition coefficient (Wildman–Crippen LogP) is 9.59. The van der Waals surface area contributed by atoms with Crippen LogP contribution < -0.4 is 0 Å². The maximum atomic E-state index is 10.3. The fourth-order valence-electron chi connectivity index (χ4n) is 6.50. The zero-order valence-electron chi connectivity index (χ0n) is 33.9. The summed E-state index contributed by atoms with van der Waals surface area (Å²) in [4.78, 5) is 50.7. The van der Waals surface area contributed by atoms with Crippen LogP contribution in [0.25, 0.3) is 33.9 Å². The lowest BCUT2D eigenvalue weighted by atomic mass is 10.0. The number of hydrogen-bond donors (Lipinski definition) is 2. The Balaban J connectivity index is 0.000000260. The van der Waals surface area contributed by atoms with Crippen molar-refractivity contribution < 1.29 is 9.59 Å². The van der Waals surface area contributed by atoms with Crippen molar-refractivity contribution in [1.82, 2.24) is 39.7 Å². The van der Waals surface area contributed by atoms with Gasteiger partial charge in [-0.3, -0.25) is 9.80 Å². The van der Waals surface area contributed by atoms with Crippen LogP contribution in [0.5, 0.6) is 0 Å². The van der Waals surface area contributed by atoms with Crippen molar-refractivity contribution in [3.05, 3.63) is 134 Å². The van der Waals surface area contributed by atoms with Gasteiger partial charge in [0.15, 0.2) is 5.82 Å². The SMILES string of the molecule is C=C/C=C\C(=C)[C@@H](C)C=O.CC.CN1CCC[C@H]1c1ncc(-c2ccc(-c3ncc(-c4cnc([C@@H]5CCCN5C)[nH]4)cn3)cc2)[nH]1.C[C@@H](C=O)c1ccccc1. The summed E-state index contributed by atoms with van der Waals surface area (Å²) in [6.45, 7) is 17.2. The second kappa shape index (κ2) is 22.1. The van der Waals surface area contributed by atoms with E-state index in [0.717, 1.165) is 89.4 Å². The first-order chi connectivity index (χ1) is 27.2. The van der Waals surface area contributed by atoms with E-state index >= 15 is 0 Å². The van der Waals surface area contributed by atoms with Crippen LogP contribution in [0.4, 0.5) is 0 Å². The number of allylic oxidation sites excluding steroid dienone is 4. The number of nitrogens with one attached hydrogen (secondary N) is 2. The van der Waals surface area contributed by atoms with Gasteiger partial charge in [0.2, 0.25) is 0 Å². The van der Waals surface area contributed by atoms with E-state index in [1.54, 1.807) is 18.2 Å². The van der Waals surface area contributed by atoms with Crippen LogP contribution in [0.2, 0.25) is 0 Å². The Morgan fingerprint density at radius 2 is 1.25 bits per heavy atom. The number of imidazole rings is 2. The molecule has 4 atom stereocenters. The summed E-state index contributed by atoms with van der Waals surface area (Å²) in [5.74, 6) is 2.73. The van der Waals surface area contributed by atoms with E-state index in [0.29, 0.717) is 17.9 Å². The third-order valence-corrected chi connectivity index (χ3v) is 10.0. The van der Waals surface area contributed by atoms with E-state index in [4.69, 9.17) is 0 Å². The number of aldehydes is 2. The number of nitrogens with zero attached hydrogens (tertiary/aromatic N) is 6. The van der Waals surface area contributed by atoms with Crippen LogP contribution in [0.15, 0.2) is 116 Å². The number of likely N-dealkylation sites (tertiary alicyclic amines) is 2. The zero-order valence-corrected chi connectivity index (χ0v) is 33.9. The second-order valence-corrected chi connectivity index (χ2v) is 13.9. The van der Waals surface area contributed by atoms with E-state index < -0.39 is 0 Å². The lowest BCUT2D eigenvalue weighted by Crippen LogP contribution is -2.18. The summed E-state index contributed by atoms with van der Waals surface area (Å²) < 4.78 is 0. The molecule has 0 spiro atoms. The summed E-state index contributed by atoms with van der Waals surface area (Å²) in [5.41, 5.74) is 6.94. The Kier molecular flexibility index (Phi) is 17.0. The number of hydrogen-bond acceptors (Lipinski definition) is 8. The first-order valence-corrected chi connectivity index (χ1v) is 19.6. The molecule has 0 bridgehead atoms. The van der Waals surface area contributed by atoms with Gasteiger partial charge in [0.25, 0.3) is 0 Å². The molecule has 2 fully saturated rings. The largest absolute Gasteiger partial charge is 0.341 e. The van der Waals surface area contributed by atoms with Crippen LogP contribution in [-0.4, -0.2) is 79.5 Å². The number of rotatable bonds is 11. The highest BCUT2D eigenvalue weighted by molar-refractivity contribution is 5.66. The molecule has 10 heteroatoms. The molecule has 2 saturated heterocycles. The quantitative estimate of drug-likeness (QED) is 0.101. The third-order valence-electron chi connectivity index (χ3n) is 10.0. The molecular formula is C46H58N8O2. The fourth-order valence-corrected chi connectivity index (χ4v) is 6.50. The van der Waals surface area contributed by atoms with Crippen LogP contribution in [-0.2, 0) is 9.59 Å². The average molecular weight is 755 g/mol. The molecule has 294 valence electrons. The van der Waals surface area contributed by atoms with Crippen LogP contribution in [0.1, 0.15) is 88.6 Å². The summed E-state index contributed by atoms with van der Waals surface area (Å²) in [5, 5.41) is 0. The van der Waals surface area contributed by atoms with Gasteiger partial charge in [-0.15, -0.1) is 0 Å². The molecule has 5 aromatic rings. The summed E-state index contributed by atoms with van der Waals surface area (Å²) in [6.07, 6.45) is 19.3. The van der Waals surface area contributed by atoms with Crippen molar-refractivity contribution in [2.24, 2.45) is 5.92 Å². The molecule has 2 aliphatic heterocycles. The van der Waals surface area contributed by atoms with Crippen LogP contribution in [0, 0.1) is 5.92 Å². The molecule has 0 amide bonds. The number of aromatic amines is 2. The lowest BCUT2D eigenvalue weighted by molar-refractivity contribution is -0.110. The van der Waals surface area contributed by atoms with Gasteiger partial charge in [0.05, 0.1) is 35.9 Å². The molecule has 0 unspecified atom stereocenters. The Labute approximate surface area is 332 Å². The Hall–Kier alpha value is -5.58. The van der Waals surface area contributed by atoms with Crippen LogP contribution >= 0.6 is 0 Å². The molecule has 0 saturated carbocycles. The molecule has 2 aliphatic rings. The monoisotopic (exact) mass is 754 g/mol. The Bertz CT molecular complexity index is 1880. The minimum atomic E-state index is -0.0869. The molecule has 10 nitrogen and oxygen atoms in total. The number of carbonyl (C=O) groups excluding carboxylic acids is 2. The first kappa shape index (κ1) is 43.2. The molecule has 0 radical (unpaired) electrons. The van der Waals surface area contributed by atoms with Gasteiger partial charge >= 0.3 is 0 Å². The van der Waals surface area contributed by atoms with E-state index in [9.17, 15) is 9.59 Å². The molecule has 0 aliphatic carbocycles. The molecule has 56 heavy (non-hydrogen) atoms. The maximum absolute atomic E-state index is 10.3. The van der Waals surface area contributed by atoms with Gasteiger partial charge in [-0.05, 0) is 69.6 Å². The molecule has 7 rings (SSSR count). The number of aromatic nitrogens is 6. The molecule has 3 aromatic heterocycles. The van der Waals surface area contributed by atoms with Gasteiger partial charge < -0.3 is 19.6 Å². The number of carbonyl (C=O) groups is 2. The molecule has 2 N–H and O–H groups in total. The standard InChI is InChI=1S/C26H30N8.C9H10O.C9H12O.C2H6/c1-33-11-3-5-22(33)25-29-15-20(31-25)17-7-9-18(10-8-17)24-27-13-19(14-28-24)21-16-30-26(32-21)23-6-4-12-34(23)2;1-8(7-10)9-5-3-2-4-6-9;1-4-5-6-8(2)9(3)7-10;1-2/h7-10,13-16,22-23H,3-6,11-12H2,1-2H3,(H,29,31)(H,30,32);2-8H,1H3;4-7,9H,1-2H2,3H3;1-2H3/b;;6-5-;/t22-,23-;8-;9-;/m000./s1. The molecule has 2 aromatic carbocycles. The van der Waals surface area contributed by atoms with Gasteiger partial charge in [0.1, 0.15) is 24.2 Å². The van der Waals surface area contributed by atoms with Gasteiger partial charge in [-0.1, -0.05) is 114 Å². The highest BCUT2D eigenvalue weighted by Crippen LogP contribution is 2.31. The summed E-state index contributed by atoms with van der Waals surface area (Å²) in [7, 11) is 4.32. The highest BCUT2D eigenvalue weighted by atomic mass is 16.1. The summed E-state index contributed by atoms with van der Waals surface area (Å²) in [6, 6.07) is 18.8. The lowest BCUT2D eigenvalue weighted by Gasteiger charge is -2.16. The highest BCUT2D eigenvalue weighted by Gasteiger charge is 2.26. The Morgan fingerprint density at radius 1 is 0.732 bits per heavy atom. The van der Waals surface area contributed by atoms with E-state index in [1.807, 2.05) is 82.8 Å². The van der Waals surface area contributed by atoms with Gasteiger partial charge in [0, 0.05) is 35.4 Å². The van der Waals surface area contributed by atoms with Crippen molar-refractivity contribution in [1.29, 1.82) is 0 Å². The fraction of sp³-hybridized carbons (Fsp3) is 0.348. The molecular weight excluding hydrogens is 697 g/mol. The number of benzene rings is 2. The smallest absolute Gasteiger partial charge is 0.159 e. The van der Waals surface area contributed by atoms with Gasteiger partial charge in [-0.25, -0.2) is 19.9 Å². The minimum Gasteiger partial charge on any atom is -0.341 e. The summed E-state index contributed by atoms with van der Waals surface area (Å²) >= 11 is 0. The van der Waals surface area contributed by atoms with Gasteiger partial charge in [-0.2, -0.15) is 0 Å². The van der Waals surface area contributed by atoms with E-state index in [2.05, 4.69) is 91.2 Å². The first-order valence-electron chi connectivity index (χ1n) is 19.6. The minimum absolute atomic E-state index is 0.0289. The topological polar surface area (TPSA) is 124 Å². The Morgan fingerprint density at radius 3 is 1.71 bits per heavy atom. The maximum Gasteiger partial charge on any atom is 0.159 e. The van der Waals surface area contributed by atoms with Crippen molar-refractivity contribution in [2.75, 3.05) is 27.2 Å². The normalized spacial score (nSPS) is 17.7. The van der Waals surface area contributed by atoms with Crippen molar-refractivity contribution in [2.45, 2.75) is 71.4 Å². The van der Waals surface area contributed by atoms with E-state index in [1.165, 1.54) is 12.8 Å². The average Bonchev–Trinajstić information content (AvgIpc) is 4.10. The predicted molar refractivity (Wildman–Crippen MR) is 228 cm³/mol. The molecule has 5 heterocycles. The van der Waals surface area contributed by atoms with Crippen molar-refractivity contribution >= 4 is 12.6 Å².